The maximum atomic E-state index is 11.4. The first kappa shape index (κ1) is 20.5. The number of carbonyl (C=O) groups excluding carboxylic acids is 2. The standard InChI is InChI=1S/C22H26O5/c1-3-25-22(24)13-8-18-6-4-7-21(16-18)27-15-5-14-26-20-11-9-19(10-12-20)17(2)23/h4,6-7,9-12,16H,3,5,8,13-15H2,1-2H3. The minimum absolute atomic E-state index is 0.0411. The van der Waals surface area contributed by atoms with Crippen LogP contribution in [0.4, 0.5) is 0 Å². The van der Waals surface area contributed by atoms with Crippen LogP contribution in [0, 0.1) is 0 Å². The van der Waals surface area contributed by atoms with Gasteiger partial charge in [-0.05, 0) is 62.2 Å². The van der Waals surface area contributed by atoms with Crippen molar-refractivity contribution >= 4 is 11.8 Å². The van der Waals surface area contributed by atoms with Gasteiger partial charge in [-0.25, -0.2) is 0 Å². The van der Waals surface area contributed by atoms with Crippen LogP contribution in [0.1, 0.15) is 42.6 Å². The Hall–Kier alpha value is -2.82. The Balaban J connectivity index is 1.68. The van der Waals surface area contributed by atoms with Crippen molar-refractivity contribution in [3.63, 3.8) is 0 Å². The van der Waals surface area contributed by atoms with Crippen LogP contribution in [0.25, 0.3) is 0 Å². The van der Waals surface area contributed by atoms with Gasteiger partial charge in [-0.15, -0.1) is 0 Å². The van der Waals surface area contributed by atoms with Crippen LogP contribution in [-0.2, 0) is 16.0 Å². The summed E-state index contributed by atoms with van der Waals surface area (Å²) in [6.07, 6.45) is 1.74. The average molecular weight is 370 g/mol. The Bertz CT molecular complexity index is 737. The second-order valence-electron chi connectivity index (χ2n) is 6.08. The molecule has 0 fully saturated rings. The van der Waals surface area contributed by atoms with E-state index >= 15 is 0 Å². The predicted octanol–water partition coefficient (Wildman–Crippen LogP) is 4.23. The van der Waals surface area contributed by atoms with E-state index in [2.05, 4.69) is 0 Å². The molecule has 0 unspecified atom stereocenters. The summed E-state index contributed by atoms with van der Waals surface area (Å²) in [5.74, 6) is 1.37. The topological polar surface area (TPSA) is 61.8 Å². The van der Waals surface area contributed by atoms with Crippen molar-refractivity contribution in [2.75, 3.05) is 19.8 Å². The zero-order chi connectivity index (χ0) is 19.5. The lowest BCUT2D eigenvalue weighted by atomic mass is 10.1. The molecule has 0 amide bonds. The molecule has 0 saturated carbocycles. The largest absolute Gasteiger partial charge is 0.493 e. The molecule has 0 aliphatic heterocycles. The monoisotopic (exact) mass is 370 g/mol. The van der Waals surface area contributed by atoms with Crippen molar-refractivity contribution in [2.24, 2.45) is 0 Å². The fourth-order valence-electron chi connectivity index (χ4n) is 2.50. The number of rotatable bonds is 11. The van der Waals surface area contributed by atoms with Gasteiger partial charge >= 0.3 is 5.97 Å². The Labute approximate surface area is 160 Å². The first-order valence-corrected chi connectivity index (χ1v) is 9.19. The highest BCUT2D eigenvalue weighted by molar-refractivity contribution is 5.94. The van der Waals surface area contributed by atoms with E-state index in [-0.39, 0.29) is 11.8 Å². The predicted molar refractivity (Wildman–Crippen MR) is 103 cm³/mol. The number of aryl methyl sites for hydroxylation is 1. The summed E-state index contributed by atoms with van der Waals surface area (Å²) in [6.45, 7) is 4.82. The molecule has 2 aromatic rings. The van der Waals surface area contributed by atoms with E-state index in [4.69, 9.17) is 14.2 Å². The molecule has 144 valence electrons. The van der Waals surface area contributed by atoms with Gasteiger partial charge in [0.15, 0.2) is 5.78 Å². The number of benzene rings is 2. The summed E-state index contributed by atoms with van der Waals surface area (Å²) in [5.41, 5.74) is 1.72. The van der Waals surface area contributed by atoms with Crippen LogP contribution in [-0.4, -0.2) is 31.6 Å². The summed E-state index contributed by atoms with van der Waals surface area (Å²) < 4.78 is 16.3. The van der Waals surface area contributed by atoms with E-state index in [1.165, 1.54) is 0 Å². The zero-order valence-corrected chi connectivity index (χ0v) is 15.9. The van der Waals surface area contributed by atoms with Crippen molar-refractivity contribution in [1.82, 2.24) is 0 Å². The highest BCUT2D eigenvalue weighted by Gasteiger charge is 2.04. The Morgan fingerprint density at radius 2 is 1.63 bits per heavy atom. The second-order valence-corrected chi connectivity index (χ2v) is 6.08. The third kappa shape index (κ3) is 7.52. The lowest BCUT2D eigenvalue weighted by molar-refractivity contribution is -0.143. The number of Topliss-reactive ketones (excluding diaryl/α,β-unsaturated/α-hetero) is 1. The SMILES string of the molecule is CCOC(=O)CCc1cccc(OCCCOc2ccc(C(C)=O)cc2)c1. The number of ketones is 1. The third-order valence-electron chi connectivity index (χ3n) is 3.91. The Morgan fingerprint density at radius 3 is 2.30 bits per heavy atom. The minimum atomic E-state index is -0.183. The molecule has 5 nitrogen and oxygen atoms in total. The number of hydrogen-bond donors (Lipinski definition) is 0. The minimum Gasteiger partial charge on any atom is -0.493 e. The van der Waals surface area contributed by atoms with E-state index in [0.29, 0.717) is 38.2 Å². The third-order valence-corrected chi connectivity index (χ3v) is 3.91. The molecular weight excluding hydrogens is 344 g/mol. The zero-order valence-electron chi connectivity index (χ0n) is 15.9. The molecule has 0 aliphatic rings. The van der Waals surface area contributed by atoms with E-state index in [9.17, 15) is 9.59 Å². The van der Waals surface area contributed by atoms with Crippen LogP contribution in [0.2, 0.25) is 0 Å². The maximum Gasteiger partial charge on any atom is 0.306 e. The Kier molecular flexibility index (Phi) is 8.36. The van der Waals surface area contributed by atoms with Crippen molar-refractivity contribution < 1.29 is 23.8 Å². The van der Waals surface area contributed by atoms with Crippen LogP contribution in [0.15, 0.2) is 48.5 Å². The van der Waals surface area contributed by atoms with E-state index in [1.807, 2.05) is 24.3 Å². The quantitative estimate of drug-likeness (QED) is 0.336. The molecule has 0 atom stereocenters. The van der Waals surface area contributed by atoms with Crippen molar-refractivity contribution in [3.8, 4) is 11.5 Å². The van der Waals surface area contributed by atoms with Gasteiger partial charge in [0.1, 0.15) is 11.5 Å². The number of hydrogen-bond acceptors (Lipinski definition) is 5. The molecule has 5 heteroatoms. The van der Waals surface area contributed by atoms with Crippen LogP contribution < -0.4 is 9.47 Å². The van der Waals surface area contributed by atoms with Gasteiger partial charge in [0.25, 0.3) is 0 Å². The molecular formula is C22H26O5. The van der Waals surface area contributed by atoms with Crippen LogP contribution >= 0.6 is 0 Å². The molecule has 0 saturated heterocycles. The van der Waals surface area contributed by atoms with Gasteiger partial charge in [0.05, 0.1) is 19.8 Å². The van der Waals surface area contributed by atoms with E-state index in [0.717, 1.165) is 23.5 Å². The summed E-state index contributed by atoms with van der Waals surface area (Å²) in [7, 11) is 0. The summed E-state index contributed by atoms with van der Waals surface area (Å²) in [6, 6.07) is 14.8. The molecule has 0 bridgehead atoms. The first-order chi connectivity index (χ1) is 13.1. The maximum absolute atomic E-state index is 11.4. The van der Waals surface area contributed by atoms with Gasteiger partial charge in [0, 0.05) is 18.4 Å². The highest BCUT2D eigenvalue weighted by atomic mass is 16.5. The number of carbonyl (C=O) groups is 2. The summed E-state index contributed by atoms with van der Waals surface area (Å²) in [4.78, 5) is 22.7. The lowest BCUT2D eigenvalue weighted by Crippen LogP contribution is -2.06. The Morgan fingerprint density at radius 1 is 0.926 bits per heavy atom. The van der Waals surface area contributed by atoms with Crippen molar-refractivity contribution in [1.29, 1.82) is 0 Å². The number of esters is 1. The summed E-state index contributed by atoms with van der Waals surface area (Å²) >= 11 is 0. The first-order valence-electron chi connectivity index (χ1n) is 9.19. The lowest BCUT2D eigenvalue weighted by Gasteiger charge is -2.09. The van der Waals surface area contributed by atoms with E-state index in [1.54, 1.807) is 38.1 Å². The van der Waals surface area contributed by atoms with Gasteiger partial charge in [-0.3, -0.25) is 9.59 Å². The molecule has 0 radical (unpaired) electrons. The fourth-order valence-corrected chi connectivity index (χ4v) is 2.50. The van der Waals surface area contributed by atoms with Gasteiger partial charge < -0.3 is 14.2 Å². The molecule has 0 spiro atoms. The number of ether oxygens (including phenoxy) is 3. The smallest absolute Gasteiger partial charge is 0.306 e. The normalized spacial score (nSPS) is 10.3. The van der Waals surface area contributed by atoms with Crippen LogP contribution in [0.3, 0.4) is 0 Å². The molecule has 0 N–H and O–H groups in total. The molecule has 0 aromatic heterocycles. The van der Waals surface area contributed by atoms with Gasteiger partial charge in [-0.1, -0.05) is 12.1 Å². The molecule has 27 heavy (non-hydrogen) atoms. The molecule has 2 rings (SSSR count). The molecule has 0 heterocycles. The molecule has 2 aromatic carbocycles. The second kappa shape index (κ2) is 11.0. The average Bonchev–Trinajstić information content (AvgIpc) is 2.67. The van der Waals surface area contributed by atoms with Gasteiger partial charge in [0.2, 0.25) is 0 Å². The molecule has 0 aliphatic carbocycles. The van der Waals surface area contributed by atoms with Gasteiger partial charge in [-0.2, -0.15) is 0 Å². The van der Waals surface area contributed by atoms with Crippen LogP contribution in [0.5, 0.6) is 11.5 Å². The fraction of sp³-hybridized carbons (Fsp3) is 0.364. The van der Waals surface area contributed by atoms with Crippen molar-refractivity contribution in [2.45, 2.75) is 33.1 Å². The highest BCUT2D eigenvalue weighted by Crippen LogP contribution is 2.16. The van der Waals surface area contributed by atoms with Crippen molar-refractivity contribution in [3.05, 3.63) is 59.7 Å². The summed E-state index contributed by atoms with van der Waals surface area (Å²) in [5, 5.41) is 0. The van der Waals surface area contributed by atoms with E-state index < -0.39 is 0 Å².